The first-order valence-corrected chi connectivity index (χ1v) is 7.44. The van der Waals surface area contributed by atoms with Crippen LogP contribution in [0.5, 0.6) is 0 Å². The number of hydrogen-bond donors (Lipinski definition) is 1. The van der Waals surface area contributed by atoms with Gasteiger partial charge in [-0.3, -0.25) is 5.32 Å². The number of rotatable bonds is 2. The van der Waals surface area contributed by atoms with Gasteiger partial charge in [-0.2, -0.15) is 0 Å². The standard InChI is InChI=1S/C15H29NO/c1-5-14(6-2)13(3,4)12-16-15(17-14)10-8-7-9-11-15/h16H,5-12H2,1-4H3. The molecule has 1 spiro atoms. The Labute approximate surface area is 107 Å². The molecule has 1 saturated carbocycles. The largest absolute Gasteiger partial charge is 0.354 e. The highest BCUT2D eigenvalue weighted by atomic mass is 16.5. The van der Waals surface area contributed by atoms with E-state index in [0.717, 1.165) is 19.4 Å². The van der Waals surface area contributed by atoms with Crippen LogP contribution in [-0.4, -0.2) is 17.9 Å². The summed E-state index contributed by atoms with van der Waals surface area (Å²) in [5.41, 5.74) is 0.300. The fraction of sp³-hybridized carbons (Fsp3) is 1.00. The van der Waals surface area contributed by atoms with Gasteiger partial charge in [-0.15, -0.1) is 0 Å². The van der Waals surface area contributed by atoms with Crippen LogP contribution in [0.3, 0.4) is 0 Å². The normalized spacial score (nSPS) is 30.4. The Morgan fingerprint density at radius 2 is 1.59 bits per heavy atom. The topological polar surface area (TPSA) is 21.3 Å². The zero-order chi connectivity index (χ0) is 12.6. The van der Waals surface area contributed by atoms with Gasteiger partial charge in [0.25, 0.3) is 0 Å². The van der Waals surface area contributed by atoms with Crippen LogP contribution in [0.1, 0.15) is 72.6 Å². The molecular formula is C15H29NO. The second-order valence-corrected chi connectivity index (χ2v) is 6.60. The summed E-state index contributed by atoms with van der Waals surface area (Å²) in [6, 6.07) is 0. The predicted octanol–water partition coefficient (Wildman–Crippen LogP) is 3.85. The van der Waals surface area contributed by atoms with E-state index in [1.807, 2.05) is 0 Å². The van der Waals surface area contributed by atoms with Crippen LogP contribution >= 0.6 is 0 Å². The molecule has 0 atom stereocenters. The smallest absolute Gasteiger partial charge is 0.120 e. The molecule has 0 radical (unpaired) electrons. The number of hydrogen-bond acceptors (Lipinski definition) is 2. The summed E-state index contributed by atoms with van der Waals surface area (Å²) >= 11 is 0. The molecule has 17 heavy (non-hydrogen) atoms. The van der Waals surface area contributed by atoms with Crippen molar-refractivity contribution in [2.45, 2.75) is 84.0 Å². The SMILES string of the molecule is CCC1(CC)OC2(CCCCC2)NCC1(C)C. The molecule has 0 amide bonds. The number of ether oxygens (including phenoxy) is 1. The van der Waals surface area contributed by atoms with Crippen LogP contribution < -0.4 is 5.32 Å². The van der Waals surface area contributed by atoms with Crippen molar-refractivity contribution in [1.82, 2.24) is 5.32 Å². The summed E-state index contributed by atoms with van der Waals surface area (Å²) in [5.74, 6) is 0. The van der Waals surface area contributed by atoms with Crippen LogP contribution in [0.15, 0.2) is 0 Å². The second-order valence-electron chi connectivity index (χ2n) is 6.60. The third-order valence-electron chi connectivity index (χ3n) is 5.28. The van der Waals surface area contributed by atoms with Crippen molar-refractivity contribution in [2.75, 3.05) is 6.54 Å². The molecule has 0 aromatic carbocycles. The molecule has 2 nitrogen and oxygen atoms in total. The fourth-order valence-electron chi connectivity index (χ4n) is 3.84. The lowest BCUT2D eigenvalue weighted by atomic mass is 9.69. The van der Waals surface area contributed by atoms with E-state index in [4.69, 9.17) is 4.74 Å². The van der Waals surface area contributed by atoms with Crippen molar-refractivity contribution < 1.29 is 4.74 Å². The predicted molar refractivity (Wildman–Crippen MR) is 72.0 cm³/mol. The Bertz CT molecular complexity index is 262. The molecule has 1 N–H and O–H groups in total. The van der Waals surface area contributed by atoms with Gasteiger partial charge in [0.05, 0.1) is 5.60 Å². The second kappa shape index (κ2) is 4.55. The van der Waals surface area contributed by atoms with E-state index < -0.39 is 0 Å². The third-order valence-corrected chi connectivity index (χ3v) is 5.28. The fourth-order valence-corrected chi connectivity index (χ4v) is 3.84. The Balaban J connectivity index is 2.22. The van der Waals surface area contributed by atoms with Crippen LogP contribution in [-0.2, 0) is 4.74 Å². The highest BCUT2D eigenvalue weighted by Crippen LogP contribution is 2.48. The van der Waals surface area contributed by atoms with Gasteiger partial charge in [0.15, 0.2) is 0 Å². The first-order chi connectivity index (χ1) is 7.99. The molecule has 100 valence electrons. The van der Waals surface area contributed by atoms with E-state index in [2.05, 4.69) is 33.0 Å². The van der Waals surface area contributed by atoms with Crippen molar-refractivity contribution in [3.05, 3.63) is 0 Å². The zero-order valence-electron chi connectivity index (χ0n) is 12.1. The summed E-state index contributed by atoms with van der Waals surface area (Å²) in [6.45, 7) is 10.4. The van der Waals surface area contributed by atoms with Crippen molar-refractivity contribution in [1.29, 1.82) is 0 Å². The molecular weight excluding hydrogens is 210 g/mol. The van der Waals surface area contributed by atoms with Crippen LogP contribution in [0, 0.1) is 5.41 Å². The van der Waals surface area contributed by atoms with Crippen molar-refractivity contribution in [2.24, 2.45) is 5.41 Å². The summed E-state index contributed by atoms with van der Waals surface area (Å²) < 4.78 is 6.70. The molecule has 2 aliphatic rings. The van der Waals surface area contributed by atoms with Crippen molar-refractivity contribution in [3.8, 4) is 0 Å². The summed E-state index contributed by atoms with van der Waals surface area (Å²) in [6.07, 6.45) is 8.66. The average molecular weight is 239 g/mol. The minimum Gasteiger partial charge on any atom is -0.354 e. The molecule has 0 aromatic heterocycles. The Morgan fingerprint density at radius 1 is 1.00 bits per heavy atom. The average Bonchev–Trinajstić information content (AvgIpc) is 2.34. The Morgan fingerprint density at radius 3 is 2.12 bits per heavy atom. The van der Waals surface area contributed by atoms with Crippen molar-refractivity contribution in [3.63, 3.8) is 0 Å². The van der Waals surface area contributed by atoms with Gasteiger partial charge in [0.2, 0.25) is 0 Å². The highest BCUT2D eigenvalue weighted by molar-refractivity contribution is 5.02. The van der Waals surface area contributed by atoms with Crippen LogP contribution in [0.25, 0.3) is 0 Å². The first kappa shape index (κ1) is 13.4. The molecule has 2 fully saturated rings. The Kier molecular flexibility index (Phi) is 3.57. The van der Waals surface area contributed by atoms with E-state index >= 15 is 0 Å². The summed E-state index contributed by atoms with van der Waals surface area (Å²) in [5, 5.41) is 3.73. The van der Waals surface area contributed by atoms with Gasteiger partial charge >= 0.3 is 0 Å². The summed E-state index contributed by atoms with van der Waals surface area (Å²) in [4.78, 5) is 0. The lowest BCUT2D eigenvalue weighted by molar-refractivity contribution is -0.263. The maximum absolute atomic E-state index is 6.70. The Hall–Kier alpha value is -0.0800. The molecule has 1 saturated heterocycles. The molecule has 0 unspecified atom stereocenters. The summed E-state index contributed by atoms with van der Waals surface area (Å²) in [7, 11) is 0. The van der Waals surface area contributed by atoms with E-state index in [-0.39, 0.29) is 16.7 Å². The van der Waals surface area contributed by atoms with Gasteiger partial charge in [0.1, 0.15) is 5.72 Å². The molecule has 1 aliphatic heterocycles. The van der Waals surface area contributed by atoms with E-state index in [9.17, 15) is 0 Å². The quantitative estimate of drug-likeness (QED) is 0.790. The van der Waals surface area contributed by atoms with Gasteiger partial charge in [-0.25, -0.2) is 0 Å². The van der Waals surface area contributed by atoms with E-state index in [0.29, 0.717) is 0 Å². The lowest BCUT2D eigenvalue weighted by Crippen LogP contribution is -2.67. The van der Waals surface area contributed by atoms with E-state index in [1.54, 1.807) is 0 Å². The molecule has 0 bridgehead atoms. The van der Waals surface area contributed by atoms with Crippen LogP contribution in [0.4, 0.5) is 0 Å². The highest BCUT2D eigenvalue weighted by Gasteiger charge is 2.53. The maximum Gasteiger partial charge on any atom is 0.120 e. The molecule has 1 aliphatic carbocycles. The first-order valence-electron chi connectivity index (χ1n) is 7.44. The maximum atomic E-state index is 6.70. The van der Waals surface area contributed by atoms with Crippen LogP contribution in [0.2, 0.25) is 0 Å². The van der Waals surface area contributed by atoms with Gasteiger partial charge in [0, 0.05) is 12.0 Å². The third kappa shape index (κ3) is 2.15. The number of nitrogens with one attached hydrogen (secondary N) is 1. The monoisotopic (exact) mass is 239 g/mol. The van der Waals surface area contributed by atoms with Gasteiger partial charge in [-0.1, -0.05) is 34.1 Å². The van der Waals surface area contributed by atoms with Gasteiger partial charge in [-0.05, 0) is 38.5 Å². The molecule has 2 heteroatoms. The molecule has 2 rings (SSSR count). The van der Waals surface area contributed by atoms with Crippen molar-refractivity contribution >= 4 is 0 Å². The van der Waals surface area contributed by atoms with E-state index in [1.165, 1.54) is 32.1 Å². The molecule has 1 heterocycles. The minimum absolute atomic E-state index is 0.000208. The lowest BCUT2D eigenvalue weighted by Gasteiger charge is -2.58. The zero-order valence-corrected chi connectivity index (χ0v) is 12.1. The van der Waals surface area contributed by atoms with Gasteiger partial charge < -0.3 is 4.74 Å². The molecule has 0 aromatic rings. The minimum atomic E-state index is -0.000208.